The van der Waals surface area contributed by atoms with Gasteiger partial charge in [0.2, 0.25) is 0 Å². The highest BCUT2D eigenvalue weighted by molar-refractivity contribution is 7.09. The Bertz CT molecular complexity index is 534. The number of nitrogens with zero attached hydrogens (tertiary/aromatic N) is 2. The molecule has 2 rings (SSSR count). The molecule has 0 N–H and O–H groups in total. The van der Waals surface area contributed by atoms with Crippen LogP contribution in [-0.2, 0) is 12.8 Å². The van der Waals surface area contributed by atoms with E-state index in [1.807, 2.05) is 0 Å². The molecule has 0 aliphatic carbocycles. The number of hydrogen-bond acceptors (Lipinski definition) is 3. The van der Waals surface area contributed by atoms with Crippen molar-refractivity contribution in [1.29, 1.82) is 5.26 Å². The van der Waals surface area contributed by atoms with Crippen LogP contribution in [0.15, 0.2) is 29.6 Å². The van der Waals surface area contributed by atoms with Crippen LogP contribution in [-0.4, -0.2) is 4.98 Å². The standard InChI is InChI=1S/C15H16N2S/c1-2-4-12-6-8-13(9-7-12)14-11-18-15(17-14)5-3-10-16/h6-9,11H,2-5H2,1H3. The van der Waals surface area contributed by atoms with Gasteiger partial charge in [0.15, 0.2) is 0 Å². The van der Waals surface area contributed by atoms with Crippen molar-refractivity contribution in [2.45, 2.75) is 32.6 Å². The number of thiazole rings is 1. The maximum absolute atomic E-state index is 8.56. The lowest BCUT2D eigenvalue weighted by Gasteiger charge is -2.00. The molecule has 3 heteroatoms. The Balaban J connectivity index is 2.11. The fourth-order valence-corrected chi connectivity index (χ4v) is 2.66. The van der Waals surface area contributed by atoms with E-state index in [1.165, 1.54) is 12.0 Å². The lowest BCUT2D eigenvalue weighted by atomic mass is 10.1. The van der Waals surface area contributed by atoms with E-state index in [0.29, 0.717) is 6.42 Å². The maximum atomic E-state index is 8.56. The monoisotopic (exact) mass is 256 g/mol. The summed E-state index contributed by atoms with van der Waals surface area (Å²) in [7, 11) is 0. The largest absolute Gasteiger partial charge is 0.241 e. The van der Waals surface area contributed by atoms with Crippen molar-refractivity contribution in [1.82, 2.24) is 4.98 Å². The summed E-state index contributed by atoms with van der Waals surface area (Å²) >= 11 is 1.64. The van der Waals surface area contributed by atoms with Crippen LogP contribution in [0, 0.1) is 11.3 Å². The molecule has 2 nitrogen and oxygen atoms in total. The first-order chi connectivity index (χ1) is 8.83. The van der Waals surface area contributed by atoms with Gasteiger partial charge in [0, 0.05) is 23.8 Å². The Morgan fingerprint density at radius 3 is 2.67 bits per heavy atom. The summed E-state index contributed by atoms with van der Waals surface area (Å²) < 4.78 is 0. The number of aryl methyl sites for hydroxylation is 2. The van der Waals surface area contributed by atoms with Crippen LogP contribution in [0.25, 0.3) is 11.3 Å². The molecule has 1 heterocycles. The van der Waals surface area contributed by atoms with Gasteiger partial charge in [0.05, 0.1) is 16.8 Å². The summed E-state index contributed by atoms with van der Waals surface area (Å²) in [5, 5.41) is 11.7. The highest BCUT2D eigenvalue weighted by atomic mass is 32.1. The fraction of sp³-hybridized carbons (Fsp3) is 0.333. The molecule has 0 unspecified atom stereocenters. The van der Waals surface area contributed by atoms with Crippen LogP contribution < -0.4 is 0 Å². The molecule has 1 aromatic carbocycles. The Labute approximate surface area is 112 Å². The van der Waals surface area contributed by atoms with E-state index >= 15 is 0 Å². The second kappa shape index (κ2) is 6.32. The summed E-state index contributed by atoms with van der Waals surface area (Å²) in [5.74, 6) is 0. The molecule has 18 heavy (non-hydrogen) atoms. The van der Waals surface area contributed by atoms with Gasteiger partial charge in [-0.1, -0.05) is 37.6 Å². The number of aromatic nitrogens is 1. The first-order valence-corrected chi connectivity index (χ1v) is 7.12. The smallest absolute Gasteiger partial charge is 0.0942 e. The Hall–Kier alpha value is -1.66. The van der Waals surface area contributed by atoms with Crippen LogP contribution >= 0.6 is 11.3 Å². The first kappa shape index (κ1) is 12.8. The molecule has 0 saturated carbocycles. The fourth-order valence-electron chi connectivity index (χ4n) is 1.85. The van der Waals surface area contributed by atoms with E-state index in [-0.39, 0.29) is 0 Å². The van der Waals surface area contributed by atoms with Crippen LogP contribution in [0.3, 0.4) is 0 Å². The highest BCUT2D eigenvalue weighted by Crippen LogP contribution is 2.23. The van der Waals surface area contributed by atoms with E-state index in [2.05, 4.69) is 47.6 Å². The van der Waals surface area contributed by atoms with Crippen LogP contribution in [0.4, 0.5) is 0 Å². The van der Waals surface area contributed by atoms with E-state index in [0.717, 1.165) is 29.1 Å². The minimum atomic E-state index is 0.544. The minimum absolute atomic E-state index is 0.544. The predicted octanol–water partition coefficient (Wildman–Crippen LogP) is 4.22. The van der Waals surface area contributed by atoms with E-state index in [4.69, 9.17) is 5.26 Å². The molecule has 0 saturated heterocycles. The van der Waals surface area contributed by atoms with Crippen LogP contribution in [0.5, 0.6) is 0 Å². The SMILES string of the molecule is CCCc1ccc(-c2csc(CCC#N)n2)cc1. The summed E-state index contributed by atoms with van der Waals surface area (Å²) in [4.78, 5) is 4.56. The zero-order chi connectivity index (χ0) is 12.8. The summed E-state index contributed by atoms with van der Waals surface area (Å²) in [5.41, 5.74) is 3.56. The zero-order valence-corrected chi connectivity index (χ0v) is 11.3. The van der Waals surface area contributed by atoms with E-state index in [9.17, 15) is 0 Å². The van der Waals surface area contributed by atoms with Crippen LogP contribution in [0.2, 0.25) is 0 Å². The number of benzene rings is 1. The van der Waals surface area contributed by atoms with Gasteiger partial charge in [-0.05, 0) is 12.0 Å². The Kier molecular flexibility index (Phi) is 4.49. The molecule has 0 amide bonds. The van der Waals surface area contributed by atoms with Gasteiger partial charge in [0.25, 0.3) is 0 Å². The van der Waals surface area contributed by atoms with Gasteiger partial charge >= 0.3 is 0 Å². The lowest BCUT2D eigenvalue weighted by Crippen LogP contribution is -1.85. The van der Waals surface area contributed by atoms with Crippen molar-refractivity contribution in [3.05, 3.63) is 40.2 Å². The molecular weight excluding hydrogens is 240 g/mol. The molecule has 92 valence electrons. The van der Waals surface area contributed by atoms with Crippen molar-refractivity contribution in [3.63, 3.8) is 0 Å². The number of rotatable bonds is 5. The summed E-state index contributed by atoms with van der Waals surface area (Å²) in [6, 6.07) is 10.8. The second-order valence-electron chi connectivity index (χ2n) is 4.23. The van der Waals surface area contributed by atoms with Crippen molar-refractivity contribution in [3.8, 4) is 17.3 Å². The average Bonchev–Trinajstić information content (AvgIpc) is 2.86. The molecule has 0 radical (unpaired) electrons. The maximum Gasteiger partial charge on any atom is 0.0942 e. The zero-order valence-electron chi connectivity index (χ0n) is 10.5. The lowest BCUT2D eigenvalue weighted by molar-refractivity contribution is 0.922. The van der Waals surface area contributed by atoms with Gasteiger partial charge < -0.3 is 0 Å². The van der Waals surface area contributed by atoms with E-state index < -0.39 is 0 Å². The molecule has 0 atom stereocenters. The third-order valence-corrected chi connectivity index (χ3v) is 3.70. The van der Waals surface area contributed by atoms with Crippen molar-refractivity contribution >= 4 is 11.3 Å². The van der Waals surface area contributed by atoms with Gasteiger partial charge in [-0.15, -0.1) is 11.3 Å². The van der Waals surface area contributed by atoms with Crippen molar-refractivity contribution in [2.75, 3.05) is 0 Å². The third kappa shape index (κ3) is 3.18. The van der Waals surface area contributed by atoms with Gasteiger partial charge in [-0.2, -0.15) is 5.26 Å². The molecular formula is C15H16N2S. The summed E-state index contributed by atoms with van der Waals surface area (Å²) in [6.45, 7) is 2.19. The second-order valence-corrected chi connectivity index (χ2v) is 5.17. The van der Waals surface area contributed by atoms with Gasteiger partial charge in [-0.3, -0.25) is 0 Å². The third-order valence-electron chi connectivity index (χ3n) is 2.79. The van der Waals surface area contributed by atoms with E-state index in [1.54, 1.807) is 11.3 Å². The topological polar surface area (TPSA) is 36.7 Å². The number of hydrogen-bond donors (Lipinski definition) is 0. The molecule has 0 aliphatic heterocycles. The quantitative estimate of drug-likeness (QED) is 0.803. The normalized spacial score (nSPS) is 10.2. The highest BCUT2D eigenvalue weighted by Gasteiger charge is 2.04. The average molecular weight is 256 g/mol. The summed E-state index contributed by atoms with van der Waals surface area (Å²) in [6.07, 6.45) is 3.61. The van der Waals surface area contributed by atoms with Crippen molar-refractivity contribution in [2.24, 2.45) is 0 Å². The molecule has 0 fully saturated rings. The predicted molar refractivity (Wildman–Crippen MR) is 75.5 cm³/mol. The first-order valence-electron chi connectivity index (χ1n) is 6.24. The molecule has 0 aliphatic rings. The Morgan fingerprint density at radius 2 is 2.00 bits per heavy atom. The van der Waals surface area contributed by atoms with Gasteiger partial charge in [0.1, 0.15) is 0 Å². The minimum Gasteiger partial charge on any atom is -0.241 e. The van der Waals surface area contributed by atoms with Crippen molar-refractivity contribution < 1.29 is 0 Å². The molecule has 0 bridgehead atoms. The van der Waals surface area contributed by atoms with Crippen LogP contribution in [0.1, 0.15) is 30.3 Å². The Morgan fingerprint density at radius 1 is 1.22 bits per heavy atom. The number of nitriles is 1. The molecule has 0 spiro atoms. The molecule has 1 aromatic heterocycles. The molecule has 2 aromatic rings. The van der Waals surface area contributed by atoms with Gasteiger partial charge in [-0.25, -0.2) is 4.98 Å².